The highest BCUT2D eigenvalue weighted by Gasteiger charge is 2.58. The number of halogens is 1. The van der Waals surface area contributed by atoms with E-state index >= 15 is 0 Å². The number of nitrogens with zero attached hydrogens (tertiary/aromatic N) is 1. The summed E-state index contributed by atoms with van der Waals surface area (Å²) in [5.74, 6) is 0.374. The van der Waals surface area contributed by atoms with Gasteiger partial charge < -0.3 is 11.1 Å². The number of carbonyl (C=O) groups is 1. The van der Waals surface area contributed by atoms with Crippen molar-refractivity contribution in [3.63, 3.8) is 0 Å². The van der Waals surface area contributed by atoms with Crippen LogP contribution >= 0.6 is 15.9 Å². The Morgan fingerprint density at radius 2 is 2.32 bits per heavy atom. The fourth-order valence-corrected chi connectivity index (χ4v) is 3.54. The van der Waals surface area contributed by atoms with Crippen LogP contribution in [-0.2, 0) is 11.3 Å². The lowest BCUT2D eigenvalue weighted by Crippen LogP contribution is -2.32. The second-order valence-electron chi connectivity index (χ2n) is 5.87. The van der Waals surface area contributed by atoms with E-state index in [9.17, 15) is 4.79 Å². The van der Waals surface area contributed by atoms with E-state index in [-0.39, 0.29) is 17.2 Å². The van der Waals surface area contributed by atoms with Crippen molar-refractivity contribution < 1.29 is 4.79 Å². The average Bonchev–Trinajstić information content (AvgIpc) is 2.96. The fraction of sp³-hybridized carbons (Fsp3) is 0.692. The van der Waals surface area contributed by atoms with E-state index in [0.29, 0.717) is 12.6 Å². The van der Waals surface area contributed by atoms with Gasteiger partial charge in [0.15, 0.2) is 0 Å². The molecule has 1 amide bonds. The van der Waals surface area contributed by atoms with Crippen molar-refractivity contribution in [1.29, 1.82) is 0 Å². The number of nitrogens with one attached hydrogen (secondary N) is 2. The van der Waals surface area contributed by atoms with Crippen molar-refractivity contribution in [1.82, 2.24) is 15.5 Å². The first-order chi connectivity index (χ1) is 9.11. The number of H-pyrrole nitrogens is 1. The third-order valence-electron chi connectivity index (χ3n) is 4.64. The maximum absolute atomic E-state index is 12.2. The summed E-state index contributed by atoms with van der Waals surface area (Å²) >= 11 is 3.39. The molecule has 104 valence electrons. The molecule has 1 spiro atoms. The number of nitrogens with two attached hydrogens (primary N) is 1. The van der Waals surface area contributed by atoms with Crippen molar-refractivity contribution in [3.8, 4) is 0 Å². The molecule has 2 fully saturated rings. The van der Waals surface area contributed by atoms with E-state index in [4.69, 9.17) is 5.73 Å². The van der Waals surface area contributed by atoms with Gasteiger partial charge in [-0.3, -0.25) is 9.89 Å². The van der Waals surface area contributed by atoms with Gasteiger partial charge in [0.05, 0.1) is 22.9 Å². The van der Waals surface area contributed by atoms with E-state index in [2.05, 4.69) is 31.4 Å². The van der Waals surface area contributed by atoms with Crippen LogP contribution in [0, 0.1) is 11.3 Å². The minimum atomic E-state index is 0.178. The Labute approximate surface area is 120 Å². The molecule has 19 heavy (non-hydrogen) atoms. The maximum atomic E-state index is 12.2. The normalized spacial score (nSPS) is 33.4. The zero-order valence-corrected chi connectivity index (χ0v) is 12.4. The molecule has 1 aromatic heterocycles. The van der Waals surface area contributed by atoms with Gasteiger partial charge in [-0.1, -0.05) is 0 Å². The molecular weight excluding hydrogens is 308 g/mol. The topological polar surface area (TPSA) is 83.8 Å². The van der Waals surface area contributed by atoms with Crippen LogP contribution in [0.5, 0.6) is 0 Å². The summed E-state index contributed by atoms with van der Waals surface area (Å²) in [5.41, 5.74) is 7.11. The minimum Gasteiger partial charge on any atom is -0.350 e. The molecule has 0 saturated heterocycles. The zero-order chi connectivity index (χ0) is 13.5. The summed E-state index contributed by atoms with van der Waals surface area (Å²) in [4.78, 5) is 12.2. The lowest BCUT2D eigenvalue weighted by atomic mass is 9.82. The Morgan fingerprint density at radius 3 is 2.95 bits per heavy atom. The van der Waals surface area contributed by atoms with Crippen LogP contribution in [0.3, 0.4) is 0 Å². The van der Waals surface area contributed by atoms with Crippen LogP contribution < -0.4 is 11.1 Å². The van der Waals surface area contributed by atoms with Crippen molar-refractivity contribution >= 4 is 21.8 Å². The SMILES string of the molecule is NC1CCC2(CC1)CC2C(=O)NCc1[nH]ncc1Br. The smallest absolute Gasteiger partial charge is 0.224 e. The number of aromatic amines is 1. The summed E-state index contributed by atoms with van der Waals surface area (Å²) in [5, 5.41) is 9.78. The van der Waals surface area contributed by atoms with Crippen molar-refractivity contribution in [2.75, 3.05) is 0 Å². The molecule has 1 atom stereocenters. The Kier molecular flexibility index (Phi) is 3.39. The molecule has 0 aliphatic heterocycles. The molecule has 3 rings (SSSR count). The van der Waals surface area contributed by atoms with E-state index in [1.807, 2.05) is 0 Å². The van der Waals surface area contributed by atoms with Gasteiger partial charge in [0.1, 0.15) is 0 Å². The average molecular weight is 327 g/mol. The molecule has 1 aromatic rings. The van der Waals surface area contributed by atoms with E-state index in [1.54, 1.807) is 6.20 Å². The van der Waals surface area contributed by atoms with Crippen LogP contribution in [0.25, 0.3) is 0 Å². The number of hydrogen-bond acceptors (Lipinski definition) is 3. The number of amides is 1. The highest BCUT2D eigenvalue weighted by atomic mass is 79.9. The summed E-state index contributed by atoms with van der Waals surface area (Å²) < 4.78 is 0.905. The van der Waals surface area contributed by atoms with Gasteiger partial charge in [0.2, 0.25) is 5.91 Å². The zero-order valence-electron chi connectivity index (χ0n) is 10.8. The van der Waals surface area contributed by atoms with Gasteiger partial charge in [-0.25, -0.2) is 0 Å². The first-order valence-corrected chi connectivity index (χ1v) is 7.61. The fourth-order valence-electron chi connectivity index (χ4n) is 3.21. The molecule has 6 heteroatoms. The van der Waals surface area contributed by atoms with Crippen molar-refractivity contribution in [3.05, 3.63) is 16.4 Å². The predicted octanol–water partition coefficient (Wildman–Crippen LogP) is 1.70. The monoisotopic (exact) mass is 326 g/mol. The summed E-state index contributed by atoms with van der Waals surface area (Å²) in [7, 11) is 0. The van der Waals surface area contributed by atoms with Crippen LogP contribution in [0.15, 0.2) is 10.7 Å². The van der Waals surface area contributed by atoms with Gasteiger partial charge >= 0.3 is 0 Å². The summed E-state index contributed by atoms with van der Waals surface area (Å²) in [6.07, 6.45) is 7.09. The minimum absolute atomic E-state index is 0.178. The van der Waals surface area contributed by atoms with Crippen LogP contribution in [-0.4, -0.2) is 22.1 Å². The van der Waals surface area contributed by atoms with Crippen LogP contribution in [0.2, 0.25) is 0 Å². The molecule has 4 N–H and O–H groups in total. The van der Waals surface area contributed by atoms with E-state index < -0.39 is 0 Å². The molecular formula is C13H19BrN4O. The molecule has 2 aliphatic carbocycles. The van der Waals surface area contributed by atoms with Crippen molar-refractivity contribution in [2.24, 2.45) is 17.1 Å². The second kappa shape index (κ2) is 4.90. The molecule has 2 aliphatic rings. The number of hydrogen-bond donors (Lipinski definition) is 3. The lowest BCUT2D eigenvalue weighted by molar-refractivity contribution is -0.123. The summed E-state index contributed by atoms with van der Waals surface area (Å²) in [6, 6.07) is 0.343. The standard InChI is InChI=1S/C13H19BrN4O/c14-10-6-17-18-11(10)7-16-12(19)9-5-13(9)3-1-8(15)2-4-13/h6,8-9H,1-5,7,15H2,(H,16,19)(H,17,18). The quantitative estimate of drug-likeness (QED) is 0.790. The van der Waals surface area contributed by atoms with Gasteiger partial charge in [-0.05, 0) is 53.4 Å². The van der Waals surface area contributed by atoms with Crippen molar-refractivity contribution in [2.45, 2.75) is 44.7 Å². The molecule has 0 aromatic carbocycles. The highest BCUT2D eigenvalue weighted by Crippen LogP contribution is 2.61. The maximum Gasteiger partial charge on any atom is 0.224 e. The molecule has 0 bridgehead atoms. The van der Waals surface area contributed by atoms with E-state index in [1.165, 1.54) is 0 Å². The predicted molar refractivity (Wildman–Crippen MR) is 75.1 cm³/mol. The third kappa shape index (κ3) is 2.56. The molecule has 5 nitrogen and oxygen atoms in total. The lowest BCUT2D eigenvalue weighted by Gasteiger charge is -2.26. The Balaban J connectivity index is 1.51. The second-order valence-corrected chi connectivity index (χ2v) is 6.73. The molecule has 0 radical (unpaired) electrons. The van der Waals surface area contributed by atoms with Crippen LogP contribution in [0.1, 0.15) is 37.8 Å². The third-order valence-corrected chi connectivity index (χ3v) is 5.32. The highest BCUT2D eigenvalue weighted by molar-refractivity contribution is 9.10. The number of aromatic nitrogens is 2. The van der Waals surface area contributed by atoms with Gasteiger partial charge in [0.25, 0.3) is 0 Å². The Morgan fingerprint density at radius 1 is 1.58 bits per heavy atom. The van der Waals surface area contributed by atoms with E-state index in [0.717, 1.165) is 42.3 Å². The molecule has 1 heterocycles. The van der Waals surface area contributed by atoms with Gasteiger partial charge in [0, 0.05) is 12.0 Å². The van der Waals surface area contributed by atoms with Crippen LogP contribution in [0.4, 0.5) is 0 Å². The first-order valence-electron chi connectivity index (χ1n) is 6.82. The first kappa shape index (κ1) is 13.1. The molecule has 1 unspecified atom stereocenters. The van der Waals surface area contributed by atoms with Gasteiger partial charge in [-0.15, -0.1) is 0 Å². The van der Waals surface area contributed by atoms with Gasteiger partial charge in [-0.2, -0.15) is 5.10 Å². The molecule has 2 saturated carbocycles. The number of rotatable bonds is 3. The largest absolute Gasteiger partial charge is 0.350 e. The summed E-state index contributed by atoms with van der Waals surface area (Å²) in [6.45, 7) is 0.505. The Bertz CT molecular complexity index is 479. The Hall–Kier alpha value is -0.880. The number of carbonyl (C=O) groups excluding carboxylic acids is 1.